The second kappa shape index (κ2) is 6.22. The number of nitrogens with one attached hydrogen (secondary N) is 2. The molecule has 5 heteroatoms. The summed E-state index contributed by atoms with van der Waals surface area (Å²) in [6.45, 7) is 0. The van der Waals surface area contributed by atoms with Gasteiger partial charge in [-0.05, 0) is 29.3 Å². The van der Waals surface area contributed by atoms with Crippen molar-refractivity contribution in [2.24, 2.45) is 0 Å². The van der Waals surface area contributed by atoms with E-state index < -0.39 is 0 Å². The van der Waals surface area contributed by atoms with Crippen molar-refractivity contribution in [1.29, 1.82) is 0 Å². The Hall–Kier alpha value is -2.95. The number of aromatic nitrogens is 2. The smallest absolute Gasteiger partial charge is 0.228 e. The zero-order valence-corrected chi connectivity index (χ0v) is 11.7. The highest BCUT2D eigenvalue weighted by molar-refractivity contribution is 5.92. The first-order chi connectivity index (χ1) is 10.7. The lowest BCUT2D eigenvalue weighted by molar-refractivity contribution is -0.115. The molecule has 0 spiro atoms. The molecule has 0 atom stereocenters. The Morgan fingerprint density at radius 3 is 2.59 bits per heavy atom. The number of rotatable bonds is 4. The summed E-state index contributed by atoms with van der Waals surface area (Å²) in [5, 5.41) is 2.76. The topological polar surface area (TPSA) is 57.8 Å². The molecule has 0 saturated carbocycles. The van der Waals surface area contributed by atoms with Gasteiger partial charge in [0.25, 0.3) is 0 Å². The van der Waals surface area contributed by atoms with Gasteiger partial charge in [0.1, 0.15) is 5.82 Å². The lowest BCUT2D eigenvalue weighted by Gasteiger charge is -2.07. The van der Waals surface area contributed by atoms with E-state index in [0.29, 0.717) is 11.3 Å². The Morgan fingerprint density at radius 1 is 1.14 bits per heavy atom. The first-order valence-corrected chi connectivity index (χ1v) is 6.84. The number of halogens is 1. The highest BCUT2D eigenvalue weighted by Gasteiger charge is 2.08. The van der Waals surface area contributed by atoms with Crippen LogP contribution in [-0.4, -0.2) is 15.9 Å². The molecule has 0 aliphatic carbocycles. The Morgan fingerprint density at radius 2 is 1.91 bits per heavy atom. The molecule has 0 fully saturated rings. The molecule has 0 radical (unpaired) electrons. The Bertz CT molecular complexity index is 767. The van der Waals surface area contributed by atoms with Gasteiger partial charge in [-0.1, -0.05) is 30.3 Å². The van der Waals surface area contributed by atoms with Crippen LogP contribution in [0.4, 0.5) is 10.1 Å². The number of carbonyl (C=O) groups is 1. The Labute approximate surface area is 127 Å². The molecular weight excluding hydrogens is 281 g/mol. The number of H-pyrrole nitrogens is 1. The van der Waals surface area contributed by atoms with Gasteiger partial charge in [-0.3, -0.25) is 4.79 Å². The molecule has 2 N–H and O–H groups in total. The van der Waals surface area contributed by atoms with Gasteiger partial charge in [-0.15, -0.1) is 0 Å². The summed E-state index contributed by atoms with van der Waals surface area (Å²) in [5.74, 6) is -0.619. The van der Waals surface area contributed by atoms with Crippen LogP contribution in [0.15, 0.2) is 61.1 Å². The number of hydrogen-bond donors (Lipinski definition) is 2. The fraction of sp³-hybridized carbons (Fsp3) is 0.0588. The molecular formula is C17H14FN3O. The largest absolute Gasteiger partial charge is 0.345 e. The van der Waals surface area contributed by atoms with E-state index in [1.807, 2.05) is 12.1 Å². The van der Waals surface area contributed by atoms with Crippen LogP contribution in [0.1, 0.15) is 5.56 Å². The van der Waals surface area contributed by atoms with Crippen molar-refractivity contribution in [1.82, 2.24) is 9.97 Å². The lowest BCUT2D eigenvalue weighted by atomic mass is 10.1. The average molecular weight is 295 g/mol. The summed E-state index contributed by atoms with van der Waals surface area (Å²) in [7, 11) is 0. The van der Waals surface area contributed by atoms with Crippen molar-refractivity contribution in [3.8, 4) is 11.3 Å². The predicted molar refractivity (Wildman–Crippen MR) is 82.8 cm³/mol. The number of nitrogens with zero attached hydrogens (tertiary/aromatic N) is 1. The second-order valence-electron chi connectivity index (χ2n) is 4.86. The van der Waals surface area contributed by atoms with Crippen molar-refractivity contribution < 1.29 is 9.18 Å². The number of amides is 1. The van der Waals surface area contributed by atoms with E-state index in [9.17, 15) is 9.18 Å². The quantitative estimate of drug-likeness (QED) is 0.775. The zero-order chi connectivity index (χ0) is 15.4. The normalized spacial score (nSPS) is 10.4. The van der Waals surface area contributed by atoms with E-state index in [1.165, 1.54) is 6.07 Å². The standard InChI is InChI=1S/C17H14FN3O/c18-15-4-2-1-3-13(15)9-17(22)21-14-7-5-12(6-8-14)16-10-19-11-20-16/h1-8,10-11H,9H2,(H,19,20)(H,21,22). The molecule has 22 heavy (non-hydrogen) atoms. The molecule has 0 aliphatic rings. The number of hydrogen-bond acceptors (Lipinski definition) is 2. The van der Waals surface area contributed by atoms with Crippen LogP contribution >= 0.6 is 0 Å². The summed E-state index contributed by atoms with van der Waals surface area (Å²) in [6.07, 6.45) is 3.35. The van der Waals surface area contributed by atoms with Crippen LogP contribution in [0.3, 0.4) is 0 Å². The molecule has 0 unspecified atom stereocenters. The van der Waals surface area contributed by atoms with Gasteiger partial charge in [-0.25, -0.2) is 9.37 Å². The van der Waals surface area contributed by atoms with Crippen molar-refractivity contribution >= 4 is 11.6 Å². The third kappa shape index (κ3) is 3.20. The predicted octanol–water partition coefficient (Wildman–Crippen LogP) is 3.40. The first kappa shape index (κ1) is 14.0. The number of anilines is 1. The van der Waals surface area contributed by atoms with Crippen molar-refractivity contribution in [2.45, 2.75) is 6.42 Å². The summed E-state index contributed by atoms with van der Waals surface area (Å²) in [5.41, 5.74) is 2.94. The van der Waals surface area contributed by atoms with Gasteiger partial charge >= 0.3 is 0 Å². The van der Waals surface area contributed by atoms with E-state index in [4.69, 9.17) is 0 Å². The fourth-order valence-corrected chi connectivity index (χ4v) is 2.17. The molecule has 4 nitrogen and oxygen atoms in total. The SMILES string of the molecule is O=C(Cc1ccccc1F)Nc1ccc(-c2cnc[nH]2)cc1. The van der Waals surface area contributed by atoms with Crippen LogP contribution < -0.4 is 5.32 Å². The average Bonchev–Trinajstić information content (AvgIpc) is 3.05. The molecule has 0 aliphatic heterocycles. The van der Waals surface area contributed by atoms with Crippen LogP contribution in [0, 0.1) is 5.82 Å². The van der Waals surface area contributed by atoms with E-state index in [-0.39, 0.29) is 18.1 Å². The summed E-state index contributed by atoms with van der Waals surface area (Å²) in [4.78, 5) is 18.9. The molecule has 1 aromatic heterocycles. The van der Waals surface area contributed by atoms with E-state index >= 15 is 0 Å². The zero-order valence-electron chi connectivity index (χ0n) is 11.7. The van der Waals surface area contributed by atoms with E-state index in [2.05, 4.69) is 15.3 Å². The maximum Gasteiger partial charge on any atom is 0.228 e. The molecule has 1 heterocycles. The maximum atomic E-state index is 13.5. The van der Waals surface area contributed by atoms with Gasteiger partial charge in [-0.2, -0.15) is 0 Å². The van der Waals surface area contributed by atoms with Gasteiger partial charge < -0.3 is 10.3 Å². The third-order valence-corrected chi connectivity index (χ3v) is 3.29. The molecule has 0 bridgehead atoms. The number of aromatic amines is 1. The number of carbonyl (C=O) groups excluding carboxylic acids is 1. The molecule has 110 valence electrons. The lowest BCUT2D eigenvalue weighted by Crippen LogP contribution is -2.15. The minimum atomic E-state index is -0.368. The Kier molecular flexibility index (Phi) is 3.96. The monoisotopic (exact) mass is 295 g/mol. The van der Waals surface area contributed by atoms with Gasteiger partial charge in [0.05, 0.1) is 24.6 Å². The highest BCUT2D eigenvalue weighted by atomic mass is 19.1. The van der Waals surface area contributed by atoms with Crippen LogP contribution in [0.2, 0.25) is 0 Å². The molecule has 3 rings (SSSR count). The van der Waals surface area contributed by atoms with Crippen molar-refractivity contribution in [3.63, 3.8) is 0 Å². The van der Waals surface area contributed by atoms with Crippen LogP contribution in [0.5, 0.6) is 0 Å². The highest BCUT2D eigenvalue weighted by Crippen LogP contribution is 2.19. The third-order valence-electron chi connectivity index (χ3n) is 3.29. The van der Waals surface area contributed by atoms with Crippen molar-refractivity contribution in [3.05, 3.63) is 72.4 Å². The number of benzene rings is 2. The fourth-order valence-electron chi connectivity index (χ4n) is 2.17. The molecule has 2 aromatic carbocycles. The van der Waals surface area contributed by atoms with Gasteiger partial charge in [0.15, 0.2) is 0 Å². The van der Waals surface area contributed by atoms with E-state index in [1.54, 1.807) is 42.9 Å². The van der Waals surface area contributed by atoms with Gasteiger partial charge in [0, 0.05) is 5.69 Å². The Balaban J connectivity index is 1.66. The minimum absolute atomic E-state index is 0.00890. The number of imidazole rings is 1. The summed E-state index contributed by atoms with van der Waals surface area (Å²) >= 11 is 0. The van der Waals surface area contributed by atoms with Crippen LogP contribution in [-0.2, 0) is 11.2 Å². The maximum absolute atomic E-state index is 13.5. The molecule has 0 saturated heterocycles. The second-order valence-corrected chi connectivity index (χ2v) is 4.86. The molecule has 1 amide bonds. The summed E-state index contributed by atoms with van der Waals surface area (Å²) < 4.78 is 13.5. The van der Waals surface area contributed by atoms with E-state index in [0.717, 1.165) is 11.3 Å². The first-order valence-electron chi connectivity index (χ1n) is 6.84. The van der Waals surface area contributed by atoms with Crippen molar-refractivity contribution in [2.75, 3.05) is 5.32 Å². The van der Waals surface area contributed by atoms with Crippen LogP contribution in [0.25, 0.3) is 11.3 Å². The summed E-state index contributed by atoms with van der Waals surface area (Å²) in [6, 6.07) is 13.6. The minimum Gasteiger partial charge on any atom is -0.345 e. The van der Waals surface area contributed by atoms with Gasteiger partial charge in [0.2, 0.25) is 5.91 Å². The molecule has 3 aromatic rings.